The van der Waals surface area contributed by atoms with E-state index in [2.05, 4.69) is 15.3 Å². The third-order valence-corrected chi connectivity index (χ3v) is 4.22. The zero-order valence-corrected chi connectivity index (χ0v) is 11.6. The number of imidazole rings is 1. The maximum atomic E-state index is 13.0. The number of aromatic amines is 1. The summed E-state index contributed by atoms with van der Waals surface area (Å²) in [6.45, 7) is 0. The summed E-state index contributed by atoms with van der Waals surface area (Å²) in [5.41, 5.74) is -3.49. The van der Waals surface area contributed by atoms with Crippen LogP contribution in [0.4, 0.5) is 26.3 Å². The molecule has 1 fully saturated rings. The van der Waals surface area contributed by atoms with Gasteiger partial charge in [0.2, 0.25) is 0 Å². The number of hydrogen-bond acceptors (Lipinski definition) is 3. The maximum Gasteiger partial charge on any atom is 0.418 e. The summed E-state index contributed by atoms with van der Waals surface area (Å²) in [5, 5.41) is 3.00. The smallest absolute Gasteiger partial charge is 0.341 e. The van der Waals surface area contributed by atoms with Crippen LogP contribution in [0.1, 0.15) is 23.0 Å². The average molecular weight is 341 g/mol. The Morgan fingerprint density at radius 2 is 1.82 bits per heavy atom. The molecule has 2 heterocycles. The normalized spacial score (nSPS) is 20.0. The topological polar surface area (TPSA) is 40.7 Å². The summed E-state index contributed by atoms with van der Waals surface area (Å²) in [6, 6.07) is 0.459. The fourth-order valence-electron chi connectivity index (χ4n) is 2.25. The molecule has 0 bridgehead atoms. The highest BCUT2D eigenvalue weighted by atomic mass is 32.2. The molecule has 1 aliphatic rings. The molecule has 1 aromatic carbocycles. The van der Waals surface area contributed by atoms with E-state index in [-0.39, 0.29) is 23.4 Å². The number of nitrogens with one attached hydrogen (secondary N) is 2. The highest BCUT2D eigenvalue weighted by Gasteiger charge is 2.39. The van der Waals surface area contributed by atoms with Crippen LogP contribution < -0.4 is 5.32 Å². The third kappa shape index (κ3) is 2.76. The minimum atomic E-state index is -4.91. The summed E-state index contributed by atoms with van der Waals surface area (Å²) in [5.74, 6) is 1.42. The van der Waals surface area contributed by atoms with E-state index in [4.69, 9.17) is 0 Å². The van der Waals surface area contributed by atoms with Crippen molar-refractivity contribution in [1.82, 2.24) is 15.3 Å². The molecule has 22 heavy (non-hydrogen) atoms. The lowest BCUT2D eigenvalue weighted by atomic mass is 10.1. The molecule has 10 heteroatoms. The van der Waals surface area contributed by atoms with E-state index < -0.39 is 29.0 Å². The van der Waals surface area contributed by atoms with Crippen LogP contribution in [0.3, 0.4) is 0 Å². The van der Waals surface area contributed by atoms with E-state index in [1.54, 1.807) is 0 Å². The van der Waals surface area contributed by atoms with Gasteiger partial charge in [0, 0.05) is 11.6 Å². The van der Waals surface area contributed by atoms with E-state index in [1.165, 1.54) is 11.8 Å². The number of aromatic nitrogens is 2. The van der Waals surface area contributed by atoms with Crippen LogP contribution in [-0.2, 0) is 12.4 Å². The first-order chi connectivity index (χ1) is 10.2. The Hall–Kier alpha value is -1.42. The molecule has 1 aromatic heterocycles. The van der Waals surface area contributed by atoms with E-state index in [0.717, 1.165) is 0 Å². The van der Waals surface area contributed by atoms with Gasteiger partial charge in [0.1, 0.15) is 11.3 Å². The van der Waals surface area contributed by atoms with Gasteiger partial charge in [0.15, 0.2) is 0 Å². The first-order valence-corrected chi connectivity index (χ1v) is 7.31. The lowest BCUT2D eigenvalue weighted by Crippen LogP contribution is -2.15. The molecule has 2 N–H and O–H groups in total. The van der Waals surface area contributed by atoms with Crippen molar-refractivity contribution in [2.24, 2.45) is 0 Å². The molecule has 0 amide bonds. The number of halogens is 6. The number of H-pyrrole nitrogens is 1. The van der Waals surface area contributed by atoms with Gasteiger partial charge in [0.05, 0.1) is 22.7 Å². The number of nitrogens with zero attached hydrogens (tertiary/aromatic N) is 1. The summed E-state index contributed by atoms with van der Waals surface area (Å²) in [6.07, 6.45) is -9.77. The minimum Gasteiger partial charge on any atom is -0.341 e. The van der Waals surface area contributed by atoms with E-state index in [0.29, 0.717) is 17.7 Å². The van der Waals surface area contributed by atoms with Gasteiger partial charge < -0.3 is 4.98 Å². The molecule has 1 aliphatic heterocycles. The number of thioether (sulfide) groups is 1. The molecule has 0 saturated carbocycles. The van der Waals surface area contributed by atoms with Crippen LogP contribution in [0.25, 0.3) is 11.0 Å². The van der Waals surface area contributed by atoms with E-state index in [1.807, 2.05) is 0 Å². The van der Waals surface area contributed by atoms with Gasteiger partial charge in [-0.1, -0.05) is 0 Å². The average Bonchev–Trinajstić information content (AvgIpc) is 3.03. The van der Waals surface area contributed by atoms with Crippen LogP contribution in [0.2, 0.25) is 0 Å². The molecular weight excluding hydrogens is 332 g/mol. The molecule has 0 radical (unpaired) electrons. The van der Waals surface area contributed by atoms with Gasteiger partial charge >= 0.3 is 12.4 Å². The Kier molecular flexibility index (Phi) is 3.55. The molecule has 3 nitrogen and oxygen atoms in total. The lowest BCUT2D eigenvalue weighted by molar-refractivity contribution is -0.142. The van der Waals surface area contributed by atoms with Crippen LogP contribution in [0, 0.1) is 0 Å². The number of fused-ring (bicyclic) bond motifs is 1. The Morgan fingerprint density at radius 3 is 2.36 bits per heavy atom. The van der Waals surface area contributed by atoms with E-state index >= 15 is 0 Å². The van der Waals surface area contributed by atoms with Gasteiger partial charge in [0.25, 0.3) is 0 Å². The number of hydrogen-bond donors (Lipinski definition) is 2. The van der Waals surface area contributed by atoms with Gasteiger partial charge in [-0.25, -0.2) is 4.98 Å². The predicted molar refractivity (Wildman–Crippen MR) is 69.3 cm³/mol. The lowest BCUT2D eigenvalue weighted by Gasteiger charge is -2.11. The standard InChI is InChI=1S/C12H9F6N3S/c13-11(14,15)5-1-6(12(16,17)18)9-7(2-5)20-10(21-9)8-3-22-4-19-8/h1-2,8,19H,3-4H2,(H,20,21)/t8-/m0/s1. The highest BCUT2D eigenvalue weighted by molar-refractivity contribution is 7.99. The van der Waals surface area contributed by atoms with Crippen LogP contribution in [0.5, 0.6) is 0 Å². The summed E-state index contributed by atoms with van der Waals surface area (Å²) in [4.78, 5) is 6.44. The SMILES string of the molecule is FC(F)(F)c1cc(C(F)(F)F)c2nc([C@@H]3CSCN3)[nH]c2c1. The van der Waals surface area contributed by atoms with Gasteiger partial charge in [-0.05, 0) is 12.1 Å². The van der Waals surface area contributed by atoms with Gasteiger partial charge in [-0.2, -0.15) is 26.3 Å². The first kappa shape index (κ1) is 15.5. The fraction of sp³-hybridized carbons (Fsp3) is 0.417. The Bertz CT molecular complexity index is 699. The second-order valence-electron chi connectivity index (χ2n) is 4.81. The zero-order chi connectivity index (χ0) is 16.1. The fourth-order valence-corrected chi connectivity index (χ4v) is 3.20. The van der Waals surface area contributed by atoms with Crippen molar-refractivity contribution in [2.45, 2.75) is 18.4 Å². The molecule has 0 aliphatic carbocycles. The second-order valence-corrected chi connectivity index (χ2v) is 5.84. The van der Waals surface area contributed by atoms with Crippen molar-refractivity contribution in [3.63, 3.8) is 0 Å². The number of rotatable bonds is 1. The summed E-state index contributed by atoms with van der Waals surface area (Å²) < 4.78 is 77.4. The monoisotopic (exact) mass is 341 g/mol. The van der Waals surface area contributed by atoms with Crippen molar-refractivity contribution >= 4 is 22.8 Å². The first-order valence-electron chi connectivity index (χ1n) is 6.15. The van der Waals surface area contributed by atoms with Crippen molar-refractivity contribution in [2.75, 3.05) is 11.6 Å². The van der Waals surface area contributed by atoms with Gasteiger partial charge in [-0.15, -0.1) is 11.8 Å². The quantitative estimate of drug-likeness (QED) is 0.772. The number of alkyl halides is 6. The summed E-state index contributed by atoms with van der Waals surface area (Å²) in [7, 11) is 0. The van der Waals surface area contributed by atoms with Crippen LogP contribution in [-0.4, -0.2) is 21.6 Å². The third-order valence-electron chi connectivity index (χ3n) is 3.28. The Labute approximate surface area is 124 Å². The second kappa shape index (κ2) is 5.05. The number of benzene rings is 1. The highest BCUT2D eigenvalue weighted by Crippen LogP contribution is 2.39. The molecular formula is C12H9F6N3S. The Morgan fingerprint density at radius 1 is 1.09 bits per heavy atom. The molecule has 0 spiro atoms. The van der Waals surface area contributed by atoms with Crippen LogP contribution >= 0.6 is 11.8 Å². The molecule has 1 atom stereocenters. The molecule has 1 saturated heterocycles. The molecule has 120 valence electrons. The summed E-state index contributed by atoms with van der Waals surface area (Å²) >= 11 is 1.53. The van der Waals surface area contributed by atoms with Crippen molar-refractivity contribution < 1.29 is 26.3 Å². The Balaban J connectivity index is 2.20. The molecule has 0 unspecified atom stereocenters. The van der Waals surface area contributed by atoms with Crippen molar-refractivity contribution in [3.8, 4) is 0 Å². The molecule has 2 aromatic rings. The minimum absolute atomic E-state index is 0.101. The zero-order valence-electron chi connectivity index (χ0n) is 10.8. The van der Waals surface area contributed by atoms with E-state index in [9.17, 15) is 26.3 Å². The van der Waals surface area contributed by atoms with Crippen LogP contribution in [0.15, 0.2) is 12.1 Å². The largest absolute Gasteiger partial charge is 0.418 e. The van der Waals surface area contributed by atoms with Crippen molar-refractivity contribution in [1.29, 1.82) is 0 Å². The van der Waals surface area contributed by atoms with Crippen molar-refractivity contribution in [3.05, 3.63) is 29.1 Å². The maximum absolute atomic E-state index is 13.0. The predicted octanol–water partition coefficient (Wildman–Crippen LogP) is 3.94. The van der Waals surface area contributed by atoms with Gasteiger partial charge in [-0.3, -0.25) is 5.32 Å². The molecule has 3 rings (SSSR count).